The smallest absolute Gasteiger partial charge is 0.207 e. The molecule has 7 heteroatoms. The first kappa shape index (κ1) is 10.4. The molecule has 0 radical (unpaired) electrons. The van der Waals surface area contributed by atoms with Gasteiger partial charge in [-0.2, -0.15) is 13.2 Å². The largest absolute Gasteiger partial charge is 0.416 e. The maximum atomic E-state index is 12.3. The molecule has 15 heavy (non-hydrogen) atoms. The number of halogens is 3. The summed E-state index contributed by atoms with van der Waals surface area (Å²) in [6, 6.07) is 2.60. The lowest BCUT2D eigenvalue weighted by molar-refractivity contribution is -0.137. The number of hydrogen-bond acceptors (Lipinski definition) is 2. The van der Waals surface area contributed by atoms with E-state index in [4.69, 9.17) is 0 Å². The van der Waals surface area contributed by atoms with Crippen LogP contribution < -0.4 is 4.72 Å². The highest BCUT2D eigenvalue weighted by molar-refractivity contribution is 7.89. The van der Waals surface area contributed by atoms with Crippen molar-refractivity contribution in [2.24, 2.45) is 0 Å². The van der Waals surface area contributed by atoms with Gasteiger partial charge in [0.2, 0.25) is 10.0 Å². The zero-order chi connectivity index (χ0) is 11.3. The predicted octanol–water partition coefficient (Wildman–Crippen LogP) is 1.50. The Kier molecular flexibility index (Phi) is 2.06. The van der Waals surface area contributed by atoms with Gasteiger partial charge in [0, 0.05) is 6.54 Å². The van der Waals surface area contributed by atoms with E-state index in [0.717, 1.165) is 18.2 Å². The van der Waals surface area contributed by atoms with Crippen LogP contribution in [0.3, 0.4) is 0 Å². The quantitative estimate of drug-likeness (QED) is 0.743. The second-order valence-corrected chi connectivity index (χ2v) is 4.88. The fourth-order valence-electron chi connectivity index (χ4n) is 1.41. The van der Waals surface area contributed by atoms with Crippen LogP contribution in [0, 0.1) is 0 Å². The van der Waals surface area contributed by atoms with Crippen LogP contribution in [0.5, 0.6) is 0 Å². The fourth-order valence-corrected chi connectivity index (χ4v) is 2.63. The van der Waals surface area contributed by atoms with E-state index >= 15 is 0 Å². The van der Waals surface area contributed by atoms with Gasteiger partial charge >= 0.3 is 6.18 Å². The van der Waals surface area contributed by atoms with Crippen LogP contribution in [-0.4, -0.2) is 8.42 Å². The molecule has 0 spiro atoms. The summed E-state index contributed by atoms with van der Waals surface area (Å²) in [5.41, 5.74) is -0.676. The molecule has 0 saturated carbocycles. The third kappa shape index (κ3) is 1.72. The van der Waals surface area contributed by atoms with E-state index < -0.39 is 21.8 Å². The Morgan fingerprint density at radius 1 is 1.27 bits per heavy atom. The molecule has 1 heterocycles. The number of sulfonamides is 1. The van der Waals surface area contributed by atoms with Crippen molar-refractivity contribution in [3.8, 4) is 0 Å². The molecule has 1 aliphatic heterocycles. The second-order valence-electron chi connectivity index (χ2n) is 3.14. The van der Waals surface area contributed by atoms with E-state index in [1.54, 1.807) is 0 Å². The molecule has 1 aromatic rings. The van der Waals surface area contributed by atoms with E-state index in [0.29, 0.717) is 0 Å². The molecule has 0 bridgehead atoms. The molecule has 0 saturated heterocycles. The molecule has 1 aliphatic rings. The lowest BCUT2D eigenvalue weighted by Crippen LogP contribution is -2.13. The SMILES string of the molecule is O=S1(=O)NCc2cc(C(F)(F)F)ccc21. The van der Waals surface area contributed by atoms with Crippen LogP contribution >= 0.6 is 0 Å². The summed E-state index contributed by atoms with van der Waals surface area (Å²) in [7, 11) is -3.59. The zero-order valence-electron chi connectivity index (χ0n) is 7.30. The second kappa shape index (κ2) is 2.96. The van der Waals surface area contributed by atoms with Crippen LogP contribution in [0.15, 0.2) is 23.1 Å². The van der Waals surface area contributed by atoms with Crippen molar-refractivity contribution in [2.75, 3.05) is 0 Å². The molecule has 3 nitrogen and oxygen atoms in total. The monoisotopic (exact) mass is 237 g/mol. The van der Waals surface area contributed by atoms with Crippen LogP contribution in [0.2, 0.25) is 0 Å². The number of rotatable bonds is 0. The highest BCUT2D eigenvalue weighted by Crippen LogP contribution is 2.33. The Morgan fingerprint density at radius 2 is 1.93 bits per heavy atom. The lowest BCUT2D eigenvalue weighted by Gasteiger charge is -2.07. The van der Waals surface area contributed by atoms with Gasteiger partial charge in [-0.05, 0) is 23.8 Å². The van der Waals surface area contributed by atoms with E-state index in [-0.39, 0.29) is 17.0 Å². The Labute approximate surface area is 84.0 Å². The van der Waals surface area contributed by atoms with Gasteiger partial charge in [0.05, 0.1) is 10.5 Å². The number of hydrogen-bond donors (Lipinski definition) is 1. The van der Waals surface area contributed by atoms with Gasteiger partial charge in [0.25, 0.3) is 0 Å². The maximum Gasteiger partial charge on any atom is 0.416 e. The number of benzene rings is 1. The number of alkyl halides is 3. The molecule has 0 fully saturated rings. The van der Waals surface area contributed by atoms with Crippen LogP contribution in [-0.2, 0) is 22.7 Å². The van der Waals surface area contributed by atoms with Gasteiger partial charge in [0.1, 0.15) is 0 Å². The minimum absolute atomic E-state index is 0.0736. The van der Waals surface area contributed by atoms with Crippen molar-refractivity contribution in [1.82, 2.24) is 4.72 Å². The van der Waals surface area contributed by atoms with E-state index in [1.165, 1.54) is 0 Å². The predicted molar refractivity (Wildman–Crippen MR) is 45.5 cm³/mol. The molecule has 2 rings (SSSR count). The highest BCUT2D eigenvalue weighted by atomic mass is 32.2. The van der Waals surface area contributed by atoms with Gasteiger partial charge in [0.15, 0.2) is 0 Å². The van der Waals surface area contributed by atoms with Crippen LogP contribution in [0.4, 0.5) is 13.2 Å². The Bertz CT molecular complexity index is 507. The van der Waals surface area contributed by atoms with Crippen molar-refractivity contribution in [3.05, 3.63) is 29.3 Å². The molecule has 1 aromatic carbocycles. The first-order chi connectivity index (χ1) is 6.81. The summed E-state index contributed by atoms with van der Waals surface area (Å²) in [6.45, 7) is -0.0818. The molecule has 0 aliphatic carbocycles. The minimum Gasteiger partial charge on any atom is -0.207 e. The third-order valence-electron chi connectivity index (χ3n) is 2.13. The topological polar surface area (TPSA) is 46.2 Å². The fraction of sp³-hybridized carbons (Fsp3) is 0.250. The molecule has 82 valence electrons. The Morgan fingerprint density at radius 3 is 2.53 bits per heavy atom. The van der Waals surface area contributed by atoms with Gasteiger partial charge in [-0.3, -0.25) is 0 Å². The normalized spacial score (nSPS) is 18.9. The average molecular weight is 237 g/mol. The molecular formula is C8H6F3NO2S. The van der Waals surface area contributed by atoms with E-state index in [1.807, 2.05) is 0 Å². The van der Waals surface area contributed by atoms with Crippen LogP contribution in [0.1, 0.15) is 11.1 Å². The third-order valence-corrected chi connectivity index (χ3v) is 3.63. The van der Waals surface area contributed by atoms with Gasteiger partial charge in [-0.25, -0.2) is 13.1 Å². The summed E-state index contributed by atoms with van der Waals surface area (Å²) in [4.78, 5) is -0.0736. The average Bonchev–Trinajstić information content (AvgIpc) is 2.41. The highest BCUT2D eigenvalue weighted by Gasteiger charge is 2.33. The number of fused-ring (bicyclic) bond motifs is 1. The summed E-state index contributed by atoms with van der Waals surface area (Å²) >= 11 is 0. The van der Waals surface area contributed by atoms with Gasteiger partial charge in [-0.1, -0.05) is 0 Å². The van der Waals surface area contributed by atoms with E-state index in [2.05, 4.69) is 4.72 Å². The zero-order valence-corrected chi connectivity index (χ0v) is 8.11. The molecule has 0 aromatic heterocycles. The molecule has 0 unspecified atom stereocenters. The molecule has 1 N–H and O–H groups in total. The maximum absolute atomic E-state index is 12.3. The Hall–Kier alpha value is -1.08. The lowest BCUT2D eigenvalue weighted by atomic mass is 10.1. The molecule has 0 amide bonds. The first-order valence-electron chi connectivity index (χ1n) is 4.00. The van der Waals surface area contributed by atoms with Crippen molar-refractivity contribution < 1.29 is 21.6 Å². The molecule has 0 atom stereocenters. The minimum atomic E-state index is -4.44. The van der Waals surface area contributed by atoms with Crippen molar-refractivity contribution in [1.29, 1.82) is 0 Å². The first-order valence-corrected chi connectivity index (χ1v) is 5.49. The number of nitrogens with one attached hydrogen (secondary N) is 1. The van der Waals surface area contributed by atoms with Crippen molar-refractivity contribution in [3.63, 3.8) is 0 Å². The summed E-state index contributed by atoms with van der Waals surface area (Å²) in [6.07, 6.45) is -4.44. The van der Waals surface area contributed by atoms with Crippen LogP contribution in [0.25, 0.3) is 0 Å². The standard InChI is InChI=1S/C8H6F3NO2S/c9-8(10,11)6-1-2-7-5(3-6)4-12-15(7,13)14/h1-3,12H,4H2. The summed E-state index contributed by atoms with van der Waals surface area (Å²) in [5, 5.41) is 0. The summed E-state index contributed by atoms with van der Waals surface area (Å²) in [5.74, 6) is 0. The summed E-state index contributed by atoms with van der Waals surface area (Å²) < 4.78 is 61.4. The molecular weight excluding hydrogens is 231 g/mol. The van der Waals surface area contributed by atoms with E-state index in [9.17, 15) is 21.6 Å². The van der Waals surface area contributed by atoms with Crippen molar-refractivity contribution in [2.45, 2.75) is 17.6 Å². The van der Waals surface area contributed by atoms with Gasteiger partial charge < -0.3 is 0 Å². The van der Waals surface area contributed by atoms with Gasteiger partial charge in [-0.15, -0.1) is 0 Å². The Balaban J connectivity index is 2.56. The van der Waals surface area contributed by atoms with Crippen molar-refractivity contribution >= 4 is 10.0 Å².